The number of aryl methyl sites for hydroxylation is 2. The molecule has 0 atom stereocenters. The van der Waals surface area contributed by atoms with Crippen molar-refractivity contribution in [1.29, 1.82) is 0 Å². The molecular weight excluding hydrogens is 354 g/mol. The maximum absolute atomic E-state index is 13.3. The summed E-state index contributed by atoms with van der Waals surface area (Å²) in [6, 6.07) is 12.3. The van der Waals surface area contributed by atoms with Crippen LogP contribution in [0.1, 0.15) is 41.4 Å². The summed E-state index contributed by atoms with van der Waals surface area (Å²) < 4.78 is 1.84. The van der Waals surface area contributed by atoms with Gasteiger partial charge in [0.2, 0.25) is 0 Å². The molecule has 27 heavy (non-hydrogen) atoms. The van der Waals surface area contributed by atoms with E-state index in [1.807, 2.05) is 27.1 Å². The lowest BCUT2D eigenvalue weighted by atomic mass is 9.99. The molecule has 0 aliphatic carbocycles. The number of rotatable bonds is 3. The summed E-state index contributed by atoms with van der Waals surface area (Å²) in [6.07, 6.45) is 2.14. The minimum Gasteiger partial charge on any atom is -0.337 e. The van der Waals surface area contributed by atoms with Gasteiger partial charge in [-0.3, -0.25) is 4.79 Å². The summed E-state index contributed by atoms with van der Waals surface area (Å²) in [5.74, 6) is 0.776. The molecule has 1 saturated heterocycles. The molecule has 1 aromatic carbocycles. The average molecular weight is 380 g/mol. The fourth-order valence-corrected chi connectivity index (χ4v) is 4.26. The number of hydrogen-bond donors (Lipinski definition) is 0. The minimum atomic E-state index is 0.0816. The largest absolute Gasteiger partial charge is 0.337 e. The fraction of sp³-hybridized carbons (Fsp3) is 0.364. The van der Waals surface area contributed by atoms with E-state index in [9.17, 15) is 4.79 Å². The van der Waals surface area contributed by atoms with Gasteiger partial charge in [0.25, 0.3) is 5.91 Å². The average Bonchev–Trinajstić information content (AvgIpc) is 3.33. The first kappa shape index (κ1) is 18.0. The summed E-state index contributed by atoms with van der Waals surface area (Å²) in [4.78, 5) is 16.4. The summed E-state index contributed by atoms with van der Waals surface area (Å²) in [6.45, 7) is 8.05. The highest BCUT2D eigenvalue weighted by Crippen LogP contribution is 2.28. The molecule has 0 N–H and O–H groups in total. The molecule has 2 aromatic heterocycles. The van der Waals surface area contributed by atoms with Crippen molar-refractivity contribution in [2.45, 2.75) is 33.6 Å². The standard InChI is InChI=1S/C22H25N3OS/c1-15-8-10-24(11-9-15)22(26)20-14-18(21-5-4-12-27-21)23-25(20)19-13-16(2)6-7-17(19)3/h4-7,12-15H,8-11H2,1-3H3. The Bertz CT molecular complexity index is 950. The van der Waals surface area contributed by atoms with Crippen molar-refractivity contribution in [3.63, 3.8) is 0 Å². The molecule has 3 heterocycles. The van der Waals surface area contributed by atoms with Crippen LogP contribution >= 0.6 is 11.3 Å². The zero-order valence-corrected chi connectivity index (χ0v) is 16.9. The topological polar surface area (TPSA) is 38.1 Å². The number of thiophene rings is 1. The first-order valence-electron chi connectivity index (χ1n) is 9.54. The number of nitrogens with zero attached hydrogens (tertiary/aromatic N) is 3. The van der Waals surface area contributed by atoms with Crippen LogP contribution in [0.4, 0.5) is 0 Å². The van der Waals surface area contributed by atoms with E-state index < -0.39 is 0 Å². The van der Waals surface area contributed by atoms with E-state index in [1.54, 1.807) is 11.3 Å². The van der Waals surface area contributed by atoms with Crippen LogP contribution in [0.2, 0.25) is 0 Å². The number of hydrogen-bond acceptors (Lipinski definition) is 3. The Morgan fingerprint density at radius 2 is 1.93 bits per heavy atom. The second-order valence-electron chi connectivity index (χ2n) is 7.57. The number of benzene rings is 1. The van der Waals surface area contributed by atoms with Crippen LogP contribution in [-0.4, -0.2) is 33.7 Å². The van der Waals surface area contributed by atoms with Crippen molar-refractivity contribution >= 4 is 17.2 Å². The number of amides is 1. The van der Waals surface area contributed by atoms with Crippen LogP contribution < -0.4 is 0 Å². The molecule has 3 aromatic rings. The summed E-state index contributed by atoms with van der Waals surface area (Å²) in [5, 5.41) is 6.88. The number of piperidine rings is 1. The lowest BCUT2D eigenvalue weighted by molar-refractivity contribution is 0.0688. The van der Waals surface area contributed by atoms with Gasteiger partial charge < -0.3 is 4.90 Å². The molecule has 4 rings (SSSR count). The molecule has 0 bridgehead atoms. The van der Waals surface area contributed by atoms with Crippen molar-refractivity contribution < 1.29 is 4.79 Å². The predicted molar refractivity (Wildman–Crippen MR) is 111 cm³/mol. The zero-order valence-electron chi connectivity index (χ0n) is 16.1. The van der Waals surface area contributed by atoms with Crippen LogP contribution in [0.3, 0.4) is 0 Å². The van der Waals surface area contributed by atoms with Crippen LogP contribution in [0.5, 0.6) is 0 Å². The number of carbonyl (C=O) groups excluding carboxylic acids is 1. The molecule has 1 aliphatic rings. The normalized spacial score (nSPS) is 15.3. The molecule has 5 heteroatoms. The first-order valence-corrected chi connectivity index (χ1v) is 10.4. The Morgan fingerprint density at radius 1 is 1.15 bits per heavy atom. The lowest BCUT2D eigenvalue weighted by Gasteiger charge is -2.30. The maximum Gasteiger partial charge on any atom is 0.272 e. The molecule has 0 saturated carbocycles. The van der Waals surface area contributed by atoms with E-state index in [4.69, 9.17) is 5.10 Å². The molecule has 4 nitrogen and oxygen atoms in total. The van der Waals surface area contributed by atoms with Crippen LogP contribution in [-0.2, 0) is 0 Å². The number of aromatic nitrogens is 2. The van der Waals surface area contributed by atoms with Gasteiger partial charge in [-0.15, -0.1) is 11.3 Å². The van der Waals surface area contributed by atoms with E-state index in [-0.39, 0.29) is 5.91 Å². The highest BCUT2D eigenvalue weighted by Gasteiger charge is 2.26. The van der Waals surface area contributed by atoms with Crippen molar-refractivity contribution in [1.82, 2.24) is 14.7 Å². The first-order chi connectivity index (χ1) is 13.0. The summed E-state index contributed by atoms with van der Waals surface area (Å²) in [7, 11) is 0. The summed E-state index contributed by atoms with van der Waals surface area (Å²) in [5.41, 5.74) is 4.77. The zero-order chi connectivity index (χ0) is 19.0. The van der Waals surface area contributed by atoms with Gasteiger partial charge in [-0.2, -0.15) is 5.10 Å². The van der Waals surface area contributed by atoms with Gasteiger partial charge in [0.05, 0.1) is 10.6 Å². The van der Waals surface area contributed by atoms with Crippen molar-refractivity contribution in [3.8, 4) is 16.3 Å². The Balaban J connectivity index is 1.79. The Labute approximate surface area is 164 Å². The van der Waals surface area contributed by atoms with Crippen LogP contribution in [0, 0.1) is 19.8 Å². The van der Waals surface area contributed by atoms with E-state index in [1.165, 1.54) is 0 Å². The van der Waals surface area contributed by atoms with Crippen molar-refractivity contribution in [2.24, 2.45) is 5.92 Å². The number of likely N-dealkylation sites (tertiary alicyclic amines) is 1. The fourth-order valence-electron chi connectivity index (χ4n) is 3.58. The molecule has 1 aliphatic heterocycles. The highest BCUT2D eigenvalue weighted by atomic mass is 32.1. The van der Waals surface area contributed by atoms with Gasteiger partial charge >= 0.3 is 0 Å². The highest BCUT2D eigenvalue weighted by molar-refractivity contribution is 7.13. The van der Waals surface area contributed by atoms with E-state index in [0.717, 1.165) is 53.3 Å². The number of carbonyl (C=O) groups is 1. The van der Waals surface area contributed by atoms with Crippen LogP contribution in [0.25, 0.3) is 16.3 Å². The quantitative estimate of drug-likeness (QED) is 0.636. The van der Waals surface area contributed by atoms with Crippen molar-refractivity contribution in [3.05, 3.63) is 58.6 Å². The smallest absolute Gasteiger partial charge is 0.272 e. The molecular formula is C22H25N3OS. The molecule has 140 valence electrons. The van der Waals surface area contributed by atoms with Crippen molar-refractivity contribution in [2.75, 3.05) is 13.1 Å². The second-order valence-corrected chi connectivity index (χ2v) is 8.52. The molecule has 0 spiro atoms. The lowest BCUT2D eigenvalue weighted by Crippen LogP contribution is -2.38. The molecule has 0 unspecified atom stereocenters. The van der Waals surface area contributed by atoms with E-state index in [0.29, 0.717) is 11.6 Å². The predicted octanol–water partition coefficient (Wildman–Crippen LogP) is 5.09. The third-order valence-corrected chi connectivity index (χ3v) is 6.26. The van der Waals surface area contributed by atoms with E-state index >= 15 is 0 Å². The molecule has 0 radical (unpaired) electrons. The van der Waals surface area contributed by atoms with Gasteiger partial charge in [0, 0.05) is 13.1 Å². The van der Waals surface area contributed by atoms with Gasteiger partial charge in [0.1, 0.15) is 11.4 Å². The third kappa shape index (κ3) is 3.56. The van der Waals surface area contributed by atoms with Gasteiger partial charge in [0.15, 0.2) is 0 Å². The third-order valence-electron chi connectivity index (χ3n) is 5.37. The Morgan fingerprint density at radius 3 is 2.63 bits per heavy atom. The summed E-state index contributed by atoms with van der Waals surface area (Å²) >= 11 is 1.65. The Hall–Kier alpha value is -2.40. The molecule has 1 amide bonds. The molecule has 1 fully saturated rings. The Kier molecular flexibility index (Phi) is 4.87. The van der Waals surface area contributed by atoms with Gasteiger partial charge in [-0.05, 0) is 67.3 Å². The van der Waals surface area contributed by atoms with Crippen LogP contribution in [0.15, 0.2) is 41.8 Å². The minimum absolute atomic E-state index is 0.0816. The van der Waals surface area contributed by atoms with Gasteiger partial charge in [-0.25, -0.2) is 4.68 Å². The second kappa shape index (κ2) is 7.31. The van der Waals surface area contributed by atoms with E-state index in [2.05, 4.69) is 45.0 Å². The monoisotopic (exact) mass is 379 g/mol. The van der Waals surface area contributed by atoms with Gasteiger partial charge in [-0.1, -0.05) is 25.1 Å². The SMILES string of the molecule is Cc1ccc(C)c(-n2nc(-c3cccs3)cc2C(=O)N2CCC(C)CC2)c1. The maximum atomic E-state index is 13.3.